The second-order valence-corrected chi connectivity index (χ2v) is 3.20. The molecule has 0 aliphatic rings. The Morgan fingerprint density at radius 3 is 2.93 bits per heavy atom. The summed E-state index contributed by atoms with van der Waals surface area (Å²) in [5.41, 5.74) is 6.07. The summed E-state index contributed by atoms with van der Waals surface area (Å²) in [6.45, 7) is 0.522. The first kappa shape index (κ1) is 10.7. The van der Waals surface area contributed by atoms with Crippen molar-refractivity contribution in [3.8, 4) is 11.8 Å². The minimum atomic E-state index is 0.489. The molecule has 74 valence electrons. The topological polar surface area (TPSA) is 59.0 Å². The van der Waals surface area contributed by atoms with Gasteiger partial charge in [-0.1, -0.05) is 11.6 Å². The first-order valence-corrected chi connectivity index (χ1v) is 4.66. The van der Waals surface area contributed by atoms with Gasteiger partial charge < -0.3 is 10.5 Å². The van der Waals surface area contributed by atoms with Crippen LogP contribution in [0.15, 0.2) is 18.2 Å². The van der Waals surface area contributed by atoms with Crippen LogP contribution >= 0.6 is 11.6 Å². The highest BCUT2D eigenvalue weighted by Crippen LogP contribution is 2.24. The van der Waals surface area contributed by atoms with Gasteiger partial charge in [-0.15, -0.1) is 0 Å². The van der Waals surface area contributed by atoms with E-state index < -0.39 is 0 Å². The molecular formula is C10H11ClN2O. The molecule has 2 N–H and O–H groups in total. The highest BCUT2D eigenvalue weighted by atomic mass is 35.5. The number of nitrogens with two attached hydrogens (primary N) is 1. The summed E-state index contributed by atoms with van der Waals surface area (Å²) >= 11 is 5.80. The smallest absolute Gasteiger partial charge is 0.120 e. The highest BCUT2D eigenvalue weighted by Gasteiger charge is 1.98. The number of halogens is 1. The maximum Gasteiger partial charge on any atom is 0.120 e. The second kappa shape index (κ2) is 5.36. The maximum absolute atomic E-state index is 8.30. The van der Waals surface area contributed by atoms with Crippen molar-refractivity contribution in [1.29, 1.82) is 5.26 Å². The summed E-state index contributed by atoms with van der Waals surface area (Å²) in [6.07, 6.45) is 1.22. The van der Waals surface area contributed by atoms with E-state index in [0.29, 0.717) is 29.5 Å². The SMILES string of the molecule is N#CCCCOc1ccc(N)c(Cl)c1. The Balaban J connectivity index is 2.44. The summed E-state index contributed by atoms with van der Waals surface area (Å²) in [5, 5.41) is 8.79. The molecule has 0 radical (unpaired) electrons. The molecule has 0 saturated carbocycles. The van der Waals surface area contributed by atoms with Gasteiger partial charge in [0, 0.05) is 12.5 Å². The van der Waals surface area contributed by atoms with Crippen molar-refractivity contribution >= 4 is 17.3 Å². The summed E-state index contributed by atoms with van der Waals surface area (Å²) < 4.78 is 5.35. The van der Waals surface area contributed by atoms with Crippen LogP contribution in [0.5, 0.6) is 5.75 Å². The molecule has 0 aromatic heterocycles. The summed E-state index contributed by atoms with van der Waals surface area (Å²) in [7, 11) is 0. The average molecular weight is 211 g/mol. The third-order valence-corrected chi connectivity index (χ3v) is 2.00. The Kier molecular flexibility index (Phi) is 4.09. The number of anilines is 1. The number of hydrogen-bond acceptors (Lipinski definition) is 3. The molecule has 0 heterocycles. The van der Waals surface area contributed by atoms with Crippen LogP contribution in [0.25, 0.3) is 0 Å². The average Bonchev–Trinajstić information content (AvgIpc) is 2.18. The van der Waals surface area contributed by atoms with E-state index in [4.69, 9.17) is 27.3 Å². The molecule has 1 rings (SSSR count). The van der Waals surface area contributed by atoms with Crippen LogP contribution in [0.3, 0.4) is 0 Å². The van der Waals surface area contributed by atoms with Crippen LogP contribution in [0, 0.1) is 11.3 Å². The molecule has 0 spiro atoms. The predicted octanol–water partition coefficient (Wildman–Crippen LogP) is 2.60. The number of rotatable bonds is 4. The number of ether oxygens (including phenoxy) is 1. The first-order valence-electron chi connectivity index (χ1n) is 4.29. The number of nitriles is 1. The minimum Gasteiger partial charge on any atom is -0.494 e. The molecule has 0 atom stereocenters. The molecule has 1 aromatic carbocycles. The lowest BCUT2D eigenvalue weighted by molar-refractivity contribution is 0.313. The largest absolute Gasteiger partial charge is 0.494 e. The zero-order chi connectivity index (χ0) is 10.4. The highest BCUT2D eigenvalue weighted by molar-refractivity contribution is 6.33. The third-order valence-electron chi connectivity index (χ3n) is 1.67. The number of hydrogen-bond donors (Lipinski definition) is 1. The van der Waals surface area contributed by atoms with E-state index in [-0.39, 0.29) is 0 Å². The summed E-state index contributed by atoms with van der Waals surface area (Å²) in [4.78, 5) is 0. The van der Waals surface area contributed by atoms with Gasteiger partial charge in [-0.05, 0) is 18.6 Å². The predicted molar refractivity (Wildman–Crippen MR) is 56.2 cm³/mol. The Labute approximate surface area is 88.0 Å². The Bertz CT molecular complexity index is 346. The van der Waals surface area contributed by atoms with Gasteiger partial charge in [0.15, 0.2) is 0 Å². The van der Waals surface area contributed by atoms with E-state index in [2.05, 4.69) is 0 Å². The monoisotopic (exact) mass is 210 g/mol. The standard InChI is InChI=1S/C10H11ClN2O/c11-9-7-8(3-4-10(9)13)14-6-2-1-5-12/h3-4,7H,1-2,6,13H2. The normalized spacial score (nSPS) is 9.43. The van der Waals surface area contributed by atoms with Crippen LogP contribution in [-0.4, -0.2) is 6.61 Å². The molecule has 0 aliphatic carbocycles. The summed E-state index contributed by atoms with van der Waals surface area (Å²) in [6, 6.07) is 7.17. The fourth-order valence-corrected chi connectivity index (χ4v) is 1.11. The quantitative estimate of drug-likeness (QED) is 0.614. The van der Waals surface area contributed by atoms with Gasteiger partial charge in [-0.3, -0.25) is 0 Å². The molecule has 0 bridgehead atoms. The van der Waals surface area contributed by atoms with E-state index in [1.54, 1.807) is 18.2 Å². The lowest BCUT2D eigenvalue weighted by Gasteiger charge is -2.05. The van der Waals surface area contributed by atoms with Crippen LogP contribution in [0.4, 0.5) is 5.69 Å². The van der Waals surface area contributed by atoms with Crippen molar-refractivity contribution in [2.24, 2.45) is 0 Å². The molecule has 0 saturated heterocycles. The third kappa shape index (κ3) is 3.15. The number of unbranched alkanes of at least 4 members (excludes halogenated alkanes) is 1. The lowest BCUT2D eigenvalue weighted by atomic mass is 10.3. The van der Waals surface area contributed by atoms with Crippen molar-refractivity contribution in [3.05, 3.63) is 23.2 Å². The van der Waals surface area contributed by atoms with Crippen molar-refractivity contribution in [2.75, 3.05) is 12.3 Å². The van der Waals surface area contributed by atoms with Gasteiger partial charge in [0.2, 0.25) is 0 Å². The number of nitrogens with zero attached hydrogens (tertiary/aromatic N) is 1. The minimum absolute atomic E-state index is 0.489. The number of nitrogen functional groups attached to an aromatic ring is 1. The van der Waals surface area contributed by atoms with Crippen LogP contribution < -0.4 is 10.5 Å². The van der Waals surface area contributed by atoms with Gasteiger partial charge in [-0.2, -0.15) is 5.26 Å². The van der Waals surface area contributed by atoms with Crippen LogP contribution in [0.1, 0.15) is 12.8 Å². The van der Waals surface area contributed by atoms with Crippen LogP contribution in [0.2, 0.25) is 5.02 Å². The molecule has 14 heavy (non-hydrogen) atoms. The van der Waals surface area contributed by atoms with Crippen molar-refractivity contribution in [3.63, 3.8) is 0 Å². The number of benzene rings is 1. The molecule has 0 amide bonds. The van der Waals surface area contributed by atoms with Gasteiger partial charge in [-0.25, -0.2) is 0 Å². The van der Waals surface area contributed by atoms with Gasteiger partial charge >= 0.3 is 0 Å². The Morgan fingerprint density at radius 2 is 2.29 bits per heavy atom. The van der Waals surface area contributed by atoms with Crippen molar-refractivity contribution < 1.29 is 4.74 Å². The Hall–Kier alpha value is -1.40. The van der Waals surface area contributed by atoms with Crippen LogP contribution in [-0.2, 0) is 0 Å². The molecule has 0 aliphatic heterocycles. The molecule has 0 fully saturated rings. The van der Waals surface area contributed by atoms with E-state index >= 15 is 0 Å². The molecule has 4 heteroatoms. The summed E-state index contributed by atoms with van der Waals surface area (Å²) in [5.74, 6) is 0.683. The fourth-order valence-electron chi connectivity index (χ4n) is 0.939. The van der Waals surface area contributed by atoms with E-state index in [0.717, 1.165) is 6.42 Å². The van der Waals surface area contributed by atoms with E-state index in [1.165, 1.54) is 0 Å². The molecule has 0 unspecified atom stereocenters. The molecule has 1 aromatic rings. The lowest BCUT2D eigenvalue weighted by Crippen LogP contribution is -1.97. The van der Waals surface area contributed by atoms with E-state index in [9.17, 15) is 0 Å². The van der Waals surface area contributed by atoms with Crippen molar-refractivity contribution in [1.82, 2.24) is 0 Å². The fraction of sp³-hybridized carbons (Fsp3) is 0.300. The molecular weight excluding hydrogens is 200 g/mol. The zero-order valence-corrected chi connectivity index (χ0v) is 8.42. The maximum atomic E-state index is 8.30. The first-order chi connectivity index (χ1) is 6.74. The van der Waals surface area contributed by atoms with Gasteiger partial charge in [0.1, 0.15) is 5.75 Å². The molecule has 3 nitrogen and oxygen atoms in total. The zero-order valence-electron chi connectivity index (χ0n) is 7.66. The van der Waals surface area contributed by atoms with E-state index in [1.807, 2.05) is 6.07 Å². The second-order valence-electron chi connectivity index (χ2n) is 2.79. The Morgan fingerprint density at radius 1 is 1.50 bits per heavy atom. The van der Waals surface area contributed by atoms with Crippen molar-refractivity contribution in [2.45, 2.75) is 12.8 Å². The van der Waals surface area contributed by atoms with Gasteiger partial charge in [0.05, 0.1) is 23.4 Å². The van der Waals surface area contributed by atoms with Gasteiger partial charge in [0.25, 0.3) is 0 Å².